The third-order valence-corrected chi connectivity index (χ3v) is 11.3. The summed E-state index contributed by atoms with van der Waals surface area (Å²) in [4.78, 5) is 0. The molecule has 2 N–H and O–H groups in total. The normalized spacial score (nSPS) is 15.2. The third-order valence-electron chi connectivity index (χ3n) is 9.73. The van der Waals surface area contributed by atoms with Crippen molar-refractivity contribution in [1.82, 2.24) is 0 Å². The molecular formula is C63H55B2Br2FNO2S. The van der Waals surface area contributed by atoms with Gasteiger partial charge < -0.3 is 10.0 Å². The Morgan fingerprint density at radius 1 is 0.458 bits per heavy atom. The molecule has 0 atom stereocenters. The van der Waals surface area contributed by atoms with Gasteiger partial charge in [-0.1, -0.05) is 251 Å². The number of alkyl halides is 1. The van der Waals surface area contributed by atoms with Crippen LogP contribution in [0.1, 0.15) is 51.9 Å². The maximum absolute atomic E-state index is 9.96. The van der Waals surface area contributed by atoms with Gasteiger partial charge in [-0.05, 0) is 136 Å². The van der Waals surface area contributed by atoms with E-state index in [0.717, 1.165) is 0 Å². The molecule has 0 saturated carbocycles. The number of fused-ring (bicyclic) bond motifs is 6. The standard InChI is InChI=1S/C20H13Br.C20H14.C14H9Br.C6H7BO2.CH3F.2CH4.BHNS/c21-20-17-12-6-4-10-15(17)19(14-8-2-1-3-9-14)16-11-5-7-13-18(16)20;1-2-8-15(9-3-1)20-18-12-6-4-10-16(18)14-17-11-5-7-13-19(17)20;15-14-12-7-3-1-5-10(12)9-11-6-2-4-8-13(11)14;8-7(9)6-4-2-1-3-5-6;1-2;;;1-2-3/h1-13H;1-14H;1-9H;1-5,8-9H;1H3;2*1H4;3H/i4D,5D,6D,7D,10D,11D,12D,13D;4D,5D,6D,7D,10D,11D,12D,13D,14D;1D,2D,3D,4D,5D,6D,7D,8D,9D;;1D;;;. The van der Waals surface area contributed by atoms with Crippen molar-refractivity contribution in [2.45, 2.75) is 14.9 Å². The minimum atomic E-state index is -1.34. The zero-order valence-corrected chi connectivity index (χ0v) is 40.0. The summed E-state index contributed by atoms with van der Waals surface area (Å²) in [6, 6.07) is 16.0. The summed E-state index contributed by atoms with van der Waals surface area (Å²) in [5.41, 5.74) is 2.29. The molecule has 0 aliphatic heterocycles. The van der Waals surface area contributed by atoms with Crippen LogP contribution in [0, 0.1) is 0 Å². The summed E-state index contributed by atoms with van der Waals surface area (Å²) in [7, 11) is 1.99. The number of nitrogens with zero attached hydrogens (tertiary/aromatic N) is 1. The molecule has 0 aromatic heterocycles. The molecule has 0 unspecified atom stereocenters. The van der Waals surface area contributed by atoms with Crippen LogP contribution in [0.5, 0.6) is 0 Å². The van der Waals surface area contributed by atoms with Gasteiger partial charge in [-0.25, -0.2) is 0 Å². The average Bonchev–Trinajstić information content (AvgIpc) is 0.725. The van der Waals surface area contributed by atoms with Gasteiger partial charge in [-0.15, -0.1) is 0 Å². The van der Waals surface area contributed by atoms with Crippen LogP contribution >= 0.6 is 44.7 Å². The molecule has 12 aromatic rings. The van der Waals surface area contributed by atoms with Gasteiger partial charge in [0.15, 0.2) is 0 Å². The Kier molecular flexibility index (Phi) is 11.5. The monoisotopic (exact) mass is 1120 g/mol. The molecule has 1 radical (unpaired) electrons. The summed E-state index contributed by atoms with van der Waals surface area (Å²) >= 11 is 9.80. The van der Waals surface area contributed by atoms with Crippen LogP contribution in [-0.4, -0.2) is 32.0 Å². The van der Waals surface area contributed by atoms with E-state index in [0.29, 0.717) is 22.2 Å². The van der Waals surface area contributed by atoms with Crippen molar-refractivity contribution in [3.8, 4) is 22.3 Å². The van der Waals surface area contributed by atoms with Gasteiger partial charge >= 0.3 is 31.9 Å². The van der Waals surface area contributed by atoms with Crippen LogP contribution in [0.4, 0.5) is 4.39 Å². The van der Waals surface area contributed by atoms with E-state index < -0.39 is 111 Å². The molecular weight excluding hydrogens is 1040 g/mol. The van der Waals surface area contributed by atoms with Gasteiger partial charge in [-0.2, -0.15) is 0 Å². The Hall–Kier alpha value is -6.71. The second-order valence-electron chi connectivity index (χ2n) is 13.8. The molecule has 72 heavy (non-hydrogen) atoms. The van der Waals surface area contributed by atoms with E-state index in [-0.39, 0.29) is 154 Å². The minimum absolute atomic E-state index is 0. The molecule has 0 saturated heterocycles. The Morgan fingerprint density at radius 2 is 0.708 bits per heavy atom. The van der Waals surface area contributed by atoms with E-state index in [1.807, 2.05) is 6.07 Å². The Balaban J connectivity index is 0.000000241. The first-order valence-corrected chi connectivity index (χ1v) is 22.1. The predicted molar refractivity (Wildman–Crippen MR) is 325 cm³/mol. The fourth-order valence-electron chi connectivity index (χ4n) is 6.82. The van der Waals surface area contributed by atoms with Crippen molar-refractivity contribution < 1.29 is 51.4 Å². The predicted octanol–water partition coefficient (Wildman–Crippen LogP) is 18.2. The Morgan fingerprint density at radius 3 is 1.04 bits per heavy atom. The van der Waals surface area contributed by atoms with Crippen molar-refractivity contribution in [3.63, 3.8) is 0 Å². The summed E-state index contributed by atoms with van der Waals surface area (Å²) in [6.45, 7) is 0. The number of thiol groups is 1. The molecule has 12 rings (SSSR count). The SMILES string of the molecule is C.C.OB(O)c1ccccc1.[2H]CF.[2H]c1c([2H])c([2H])c2c(-c3ccccc3)c3c([2H])c([2H])c([2H])c([2H])c3c(Br)c2c1[2H].[2H]c1c([2H])c([2H])c2c(-c3ccccc3)c3c([2H])c([2H])c([2H])c([2H])c3c([2H])c2c1[2H].[2H]c1c([2H])c([2H])c2c(Br)c3c([2H])c([2H])c([2H])c([2H])c3c([2H])c2c1[2H].[B]=NS. The van der Waals surface area contributed by atoms with Crippen molar-refractivity contribution >= 4 is 130 Å². The van der Waals surface area contributed by atoms with Gasteiger partial charge in [0, 0.05) is 8.95 Å². The molecule has 0 fully saturated rings. The van der Waals surface area contributed by atoms with Gasteiger partial charge in [0.2, 0.25) is 0 Å². The van der Waals surface area contributed by atoms with Crippen LogP contribution < -0.4 is 5.46 Å². The zero-order valence-electron chi connectivity index (χ0n) is 62.9. The topological polar surface area (TPSA) is 52.8 Å². The number of hydrogen-bond acceptors (Lipinski definition) is 4. The van der Waals surface area contributed by atoms with E-state index in [1.54, 1.807) is 84.9 Å². The van der Waals surface area contributed by atoms with Crippen LogP contribution in [-0.2, 0) is 0 Å². The maximum atomic E-state index is 9.96. The first-order chi connectivity index (χ1) is 45.6. The molecule has 0 bridgehead atoms. The number of rotatable bonds is 3. The van der Waals surface area contributed by atoms with E-state index in [4.69, 9.17) is 47.1 Å². The molecule has 357 valence electrons. The van der Waals surface area contributed by atoms with Crippen LogP contribution in [0.2, 0.25) is 0 Å². The van der Waals surface area contributed by atoms with Crippen molar-refractivity contribution in [3.05, 3.63) is 257 Å². The molecule has 0 heterocycles. The third kappa shape index (κ3) is 13.4. The molecule has 3 nitrogen and oxygen atoms in total. The Labute approximate surface area is 485 Å². The van der Waals surface area contributed by atoms with Crippen LogP contribution in [0.3, 0.4) is 0 Å². The number of benzene rings is 12. The van der Waals surface area contributed by atoms with Gasteiger partial charge in [-0.3, -0.25) is 4.39 Å². The number of halogens is 3. The molecule has 0 aliphatic rings. The van der Waals surface area contributed by atoms with Crippen molar-refractivity contribution in [2.75, 3.05) is 7.15 Å². The van der Waals surface area contributed by atoms with E-state index in [1.165, 1.54) is 0 Å². The first-order valence-electron chi connectivity index (χ1n) is 33.8. The second-order valence-corrected chi connectivity index (χ2v) is 15.6. The fraction of sp³-hybridized carbons (Fsp3) is 0.0476. The van der Waals surface area contributed by atoms with Crippen molar-refractivity contribution in [1.29, 1.82) is 0 Å². The summed E-state index contributed by atoms with van der Waals surface area (Å²) in [5.74, 6) is 0. The van der Waals surface area contributed by atoms with Crippen molar-refractivity contribution in [2.24, 2.45) is 4.30 Å². The van der Waals surface area contributed by atoms with Crippen LogP contribution in [0.25, 0.3) is 86.9 Å². The number of hydrogen-bond donors (Lipinski definition) is 3. The average molecular weight is 1120 g/mol. The van der Waals surface area contributed by atoms with E-state index in [9.17, 15) is 4.39 Å². The molecule has 12 aromatic carbocycles. The molecule has 0 spiro atoms. The second kappa shape index (κ2) is 28.4. The first kappa shape index (κ1) is 29.1. The molecule has 9 heteroatoms. The molecule has 0 aliphatic carbocycles. The quantitative estimate of drug-likeness (QED) is 0.0938. The van der Waals surface area contributed by atoms with E-state index >= 15 is 0 Å². The summed E-state index contributed by atoms with van der Waals surface area (Å²) in [5, 5.41) is 17.9. The zero-order chi connectivity index (χ0) is 72.6. The van der Waals surface area contributed by atoms with Gasteiger partial charge in [0.1, 0.15) is 0 Å². The van der Waals surface area contributed by atoms with E-state index in [2.05, 4.69) is 56.6 Å². The van der Waals surface area contributed by atoms with Gasteiger partial charge in [0.25, 0.3) is 0 Å². The Bertz CT molecular complexity index is 4640. The summed E-state index contributed by atoms with van der Waals surface area (Å²) < 4.78 is 231. The van der Waals surface area contributed by atoms with Gasteiger partial charge in [0.05, 0.1) is 44.2 Å². The summed E-state index contributed by atoms with van der Waals surface area (Å²) in [6.07, 6.45) is 0. The molecule has 0 amide bonds. The fourth-order valence-corrected chi connectivity index (χ4v) is 8.01. The van der Waals surface area contributed by atoms with Crippen LogP contribution in [0.15, 0.2) is 261 Å².